The molecule has 1 atom stereocenters. The molecule has 1 fully saturated rings. The van der Waals surface area contributed by atoms with Gasteiger partial charge in [-0.3, -0.25) is 4.90 Å². The summed E-state index contributed by atoms with van der Waals surface area (Å²) in [5.41, 5.74) is 5.99. The first kappa shape index (κ1) is 11.3. The summed E-state index contributed by atoms with van der Waals surface area (Å²) < 4.78 is 5.28. The van der Waals surface area contributed by atoms with Crippen molar-refractivity contribution in [1.29, 1.82) is 0 Å². The van der Waals surface area contributed by atoms with Crippen molar-refractivity contribution in [2.45, 2.75) is 12.5 Å². The Morgan fingerprint density at radius 2 is 2.15 bits per heavy atom. The fourth-order valence-corrected chi connectivity index (χ4v) is 2.01. The predicted molar refractivity (Wildman–Crippen MR) is 58.2 cm³/mol. The van der Waals surface area contributed by atoms with Gasteiger partial charge in [-0.2, -0.15) is 11.8 Å². The zero-order valence-corrected chi connectivity index (χ0v) is 9.18. The van der Waals surface area contributed by atoms with Crippen LogP contribution in [0.2, 0.25) is 0 Å². The van der Waals surface area contributed by atoms with Crippen LogP contribution in [0.3, 0.4) is 0 Å². The molecule has 0 aromatic rings. The standard InChI is InChI=1S/C9H20N2OS/c1-13-7-2-9(10)8-11-3-5-12-6-4-11/h9H,2-8,10H2,1H3/t9-/m0/s1. The number of thioether (sulfide) groups is 1. The van der Waals surface area contributed by atoms with E-state index < -0.39 is 0 Å². The van der Waals surface area contributed by atoms with Gasteiger partial charge in [-0.05, 0) is 18.4 Å². The summed E-state index contributed by atoms with van der Waals surface area (Å²) in [6.07, 6.45) is 3.25. The van der Waals surface area contributed by atoms with E-state index in [4.69, 9.17) is 10.5 Å². The van der Waals surface area contributed by atoms with Gasteiger partial charge in [0.2, 0.25) is 0 Å². The highest BCUT2D eigenvalue weighted by Gasteiger charge is 2.13. The summed E-state index contributed by atoms with van der Waals surface area (Å²) in [6, 6.07) is 0.338. The Morgan fingerprint density at radius 1 is 1.46 bits per heavy atom. The van der Waals surface area contributed by atoms with Crippen LogP contribution >= 0.6 is 11.8 Å². The van der Waals surface area contributed by atoms with Gasteiger partial charge in [0.15, 0.2) is 0 Å². The van der Waals surface area contributed by atoms with Crippen LogP contribution in [0.1, 0.15) is 6.42 Å². The minimum Gasteiger partial charge on any atom is -0.379 e. The summed E-state index contributed by atoms with van der Waals surface area (Å²) in [6.45, 7) is 4.87. The molecule has 0 aliphatic carbocycles. The van der Waals surface area contributed by atoms with Crippen LogP contribution in [0.4, 0.5) is 0 Å². The molecule has 0 spiro atoms. The van der Waals surface area contributed by atoms with Crippen LogP contribution < -0.4 is 5.73 Å². The molecule has 0 bridgehead atoms. The molecule has 1 rings (SSSR count). The average Bonchev–Trinajstić information content (AvgIpc) is 2.16. The van der Waals surface area contributed by atoms with Gasteiger partial charge in [0, 0.05) is 25.7 Å². The fraction of sp³-hybridized carbons (Fsp3) is 1.00. The first-order valence-electron chi connectivity index (χ1n) is 4.87. The molecule has 1 saturated heterocycles. The van der Waals surface area contributed by atoms with Crippen LogP contribution in [-0.4, -0.2) is 55.8 Å². The number of rotatable bonds is 5. The Hall–Kier alpha value is 0.230. The monoisotopic (exact) mass is 204 g/mol. The van der Waals surface area contributed by atoms with Gasteiger partial charge >= 0.3 is 0 Å². The maximum absolute atomic E-state index is 5.99. The molecule has 2 N–H and O–H groups in total. The second-order valence-corrected chi connectivity index (χ2v) is 4.44. The first-order valence-corrected chi connectivity index (χ1v) is 6.27. The number of nitrogens with zero attached hydrogens (tertiary/aromatic N) is 1. The molecule has 0 radical (unpaired) electrons. The fourth-order valence-electron chi connectivity index (χ4n) is 1.48. The van der Waals surface area contributed by atoms with Crippen LogP contribution in [0.25, 0.3) is 0 Å². The number of nitrogens with two attached hydrogens (primary N) is 1. The van der Waals surface area contributed by atoms with Gasteiger partial charge in [-0.25, -0.2) is 0 Å². The Balaban J connectivity index is 2.07. The molecule has 0 saturated carbocycles. The molecule has 0 unspecified atom stereocenters. The van der Waals surface area contributed by atoms with Crippen LogP contribution in [0, 0.1) is 0 Å². The van der Waals surface area contributed by atoms with Crippen LogP contribution in [0.15, 0.2) is 0 Å². The minimum absolute atomic E-state index is 0.338. The highest BCUT2D eigenvalue weighted by atomic mass is 32.2. The Labute approximate surface area is 85.0 Å². The smallest absolute Gasteiger partial charge is 0.0594 e. The maximum atomic E-state index is 5.99. The third-order valence-corrected chi connectivity index (χ3v) is 2.93. The highest BCUT2D eigenvalue weighted by molar-refractivity contribution is 7.98. The van der Waals surface area contributed by atoms with Crippen LogP contribution in [0.5, 0.6) is 0 Å². The van der Waals surface area contributed by atoms with E-state index in [0.717, 1.165) is 39.3 Å². The van der Waals surface area contributed by atoms with E-state index >= 15 is 0 Å². The summed E-state index contributed by atoms with van der Waals surface area (Å²) in [4.78, 5) is 2.40. The summed E-state index contributed by atoms with van der Waals surface area (Å²) in [7, 11) is 0. The van der Waals surface area contributed by atoms with Gasteiger partial charge in [0.05, 0.1) is 13.2 Å². The molecule has 13 heavy (non-hydrogen) atoms. The van der Waals surface area contributed by atoms with Gasteiger partial charge in [0.1, 0.15) is 0 Å². The molecule has 78 valence electrons. The van der Waals surface area contributed by atoms with Crippen molar-refractivity contribution >= 4 is 11.8 Å². The molecule has 0 aromatic carbocycles. The number of hydrogen-bond donors (Lipinski definition) is 1. The third kappa shape index (κ3) is 4.86. The minimum atomic E-state index is 0.338. The number of hydrogen-bond acceptors (Lipinski definition) is 4. The molecular formula is C9H20N2OS. The third-order valence-electron chi connectivity index (χ3n) is 2.29. The van der Waals surface area contributed by atoms with Crippen molar-refractivity contribution < 1.29 is 4.74 Å². The Bertz CT molecular complexity index is 129. The first-order chi connectivity index (χ1) is 6.33. The Morgan fingerprint density at radius 3 is 2.77 bits per heavy atom. The topological polar surface area (TPSA) is 38.5 Å². The zero-order chi connectivity index (χ0) is 9.52. The summed E-state index contributed by atoms with van der Waals surface area (Å²) in [5.74, 6) is 1.17. The molecule has 1 aliphatic rings. The van der Waals surface area contributed by atoms with Crippen molar-refractivity contribution in [1.82, 2.24) is 4.90 Å². The normalized spacial score (nSPS) is 21.7. The van der Waals surface area contributed by atoms with E-state index in [-0.39, 0.29) is 0 Å². The predicted octanol–water partition coefficient (Wildman–Crippen LogP) is 0.399. The molecule has 3 nitrogen and oxygen atoms in total. The second-order valence-electron chi connectivity index (χ2n) is 3.45. The average molecular weight is 204 g/mol. The molecule has 1 heterocycles. The molecule has 0 aromatic heterocycles. The number of ether oxygens (including phenoxy) is 1. The molecule has 4 heteroatoms. The highest BCUT2D eigenvalue weighted by Crippen LogP contribution is 2.02. The maximum Gasteiger partial charge on any atom is 0.0594 e. The van der Waals surface area contributed by atoms with E-state index in [9.17, 15) is 0 Å². The van der Waals surface area contributed by atoms with Crippen molar-refractivity contribution in [2.24, 2.45) is 5.73 Å². The summed E-state index contributed by atoms with van der Waals surface area (Å²) in [5, 5.41) is 0. The lowest BCUT2D eigenvalue weighted by Crippen LogP contribution is -2.43. The zero-order valence-electron chi connectivity index (χ0n) is 8.37. The Kier molecular flexibility index (Phi) is 5.78. The van der Waals surface area contributed by atoms with Gasteiger partial charge in [-0.15, -0.1) is 0 Å². The van der Waals surface area contributed by atoms with E-state index in [1.165, 1.54) is 5.75 Å². The van der Waals surface area contributed by atoms with Gasteiger partial charge in [0.25, 0.3) is 0 Å². The van der Waals surface area contributed by atoms with Crippen molar-refractivity contribution in [3.63, 3.8) is 0 Å². The van der Waals surface area contributed by atoms with Crippen molar-refractivity contribution in [3.05, 3.63) is 0 Å². The number of morpholine rings is 1. The van der Waals surface area contributed by atoms with E-state index in [1.807, 2.05) is 11.8 Å². The quantitative estimate of drug-likeness (QED) is 0.703. The second kappa shape index (κ2) is 6.65. The molecular weight excluding hydrogens is 184 g/mol. The molecule has 1 aliphatic heterocycles. The van der Waals surface area contributed by atoms with Gasteiger partial charge in [-0.1, -0.05) is 0 Å². The largest absolute Gasteiger partial charge is 0.379 e. The van der Waals surface area contributed by atoms with Crippen molar-refractivity contribution in [3.8, 4) is 0 Å². The molecule has 0 amide bonds. The lowest BCUT2D eigenvalue weighted by atomic mass is 10.2. The lowest BCUT2D eigenvalue weighted by Gasteiger charge is -2.28. The summed E-state index contributed by atoms with van der Waals surface area (Å²) >= 11 is 1.87. The van der Waals surface area contributed by atoms with E-state index in [0.29, 0.717) is 6.04 Å². The van der Waals surface area contributed by atoms with Crippen LogP contribution in [-0.2, 0) is 4.74 Å². The van der Waals surface area contributed by atoms with E-state index in [2.05, 4.69) is 11.2 Å². The lowest BCUT2D eigenvalue weighted by molar-refractivity contribution is 0.0352. The SMILES string of the molecule is CSCC[C@H](N)CN1CCOCC1. The van der Waals surface area contributed by atoms with Crippen molar-refractivity contribution in [2.75, 3.05) is 44.9 Å². The van der Waals surface area contributed by atoms with E-state index in [1.54, 1.807) is 0 Å². The van der Waals surface area contributed by atoms with Gasteiger partial charge < -0.3 is 10.5 Å².